The van der Waals surface area contributed by atoms with Gasteiger partial charge in [-0.3, -0.25) is 4.79 Å². The normalized spacial score (nSPS) is 22.5. The highest BCUT2D eigenvalue weighted by Gasteiger charge is 2.39. The summed E-state index contributed by atoms with van der Waals surface area (Å²) in [4.78, 5) is 13.2. The van der Waals surface area contributed by atoms with Gasteiger partial charge in [0, 0.05) is 13.0 Å². The molecule has 0 aromatic heterocycles. The fourth-order valence-corrected chi connectivity index (χ4v) is 2.53. The maximum Gasteiger partial charge on any atom is 0.389 e. The Morgan fingerprint density at radius 3 is 2.53 bits per heavy atom. The third-order valence-corrected chi connectivity index (χ3v) is 4.01. The SMILES string of the molecule is CC(C)(C(=O)O)C1CCCN(CCCC(F)(F)F)C1. The Morgan fingerprint density at radius 2 is 2.00 bits per heavy atom. The third kappa shape index (κ3) is 5.01. The van der Waals surface area contributed by atoms with E-state index in [4.69, 9.17) is 0 Å². The topological polar surface area (TPSA) is 40.5 Å². The van der Waals surface area contributed by atoms with Crippen LogP contribution in [0.2, 0.25) is 0 Å². The summed E-state index contributed by atoms with van der Waals surface area (Å²) in [6.07, 6.45) is -3.10. The number of alkyl halides is 3. The summed E-state index contributed by atoms with van der Waals surface area (Å²) in [6.45, 7) is 5.13. The Balaban J connectivity index is 2.45. The van der Waals surface area contributed by atoms with Gasteiger partial charge in [-0.1, -0.05) is 0 Å². The van der Waals surface area contributed by atoms with E-state index in [1.54, 1.807) is 13.8 Å². The first kappa shape index (κ1) is 16.3. The zero-order valence-corrected chi connectivity index (χ0v) is 11.5. The van der Waals surface area contributed by atoms with Crippen molar-refractivity contribution in [2.75, 3.05) is 19.6 Å². The zero-order valence-electron chi connectivity index (χ0n) is 11.5. The fourth-order valence-electron chi connectivity index (χ4n) is 2.53. The van der Waals surface area contributed by atoms with E-state index in [1.807, 2.05) is 4.90 Å². The van der Waals surface area contributed by atoms with Gasteiger partial charge in [0.1, 0.15) is 0 Å². The molecule has 0 radical (unpaired) electrons. The largest absolute Gasteiger partial charge is 0.481 e. The molecule has 112 valence electrons. The van der Waals surface area contributed by atoms with Crippen LogP contribution in [0.1, 0.15) is 39.5 Å². The lowest BCUT2D eigenvalue weighted by Gasteiger charge is -2.39. The molecule has 0 amide bonds. The van der Waals surface area contributed by atoms with Crippen LogP contribution in [-0.2, 0) is 4.79 Å². The van der Waals surface area contributed by atoms with Gasteiger partial charge in [-0.25, -0.2) is 0 Å². The van der Waals surface area contributed by atoms with Crippen molar-refractivity contribution in [3.8, 4) is 0 Å². The molecule has 3 nitrogen and oxygen atoms in total. The summed E-state index contributed by atoms with van der Waals surface area (Å²) >= 11 is 0. The van der Waals surface area contributed by atoms with Crippen LogP contribution in [0.25, 0.3) is 0 Å². The number of carboxylic acids is 1. The van der Waals surface area contributed by atoms with Crippen LogP contribution in [0.5, 0.6) is 0 Å². The predicted octanol–water partition coefficient (Wildman–Crippen LogP) is 3.15. The van der Waals surface area contributed by atoms with E-state index in [0.717, 1.165) is 19.4 Å². The number of rotatable bonds is 5. The molecule has 1 unspecified atom stereocenters. The molecule has 1 heterocycles. The Bertz CT molecular complexity index is 316. The van der Waals surface area contributed by atoms with Gasteiger partial charge < -0.3 is 10.0 Å². The van der Waals surface area contributed by atoms with Crippen LogP contribution in [0.3, 0.4) is 0 Å². The van der Waals surface area contributed by atoms with Gasteiger partial charge in [0.2, 0.25) is 0 Å². The van der Waals surface area contributed by atoms with Crippen molar-refractivity contribution >= 4 is 5.97 Å². The van der Waals surface area contributed by atoms with Crippen molar-refractivity contribution in [2.45, 2.75) is 45.7 Å². The number of piperidine rings is 1. The molecule has 1 aliphatic rings. The van der Waals surface area contributed by atoms with E-state index in [0.29, 0.717) is 13.1 Å². The Labute approximate surface area is 111 Å². The lowest BCUT2D eigenvalue weighted by molar-refractivity contribution is -0.151. The molecule has 1 N–H and O–H groups in total. The first-order chi connectivity index (χ1) is 8.63. The van der Waals surface area contributed by atoms with E-state index in [2.05, 4.69) is 0 Å². The molecule has 19 heavy (non-hydrogen) atoms. The van der Waals surface area contributed by atoms with Crippen molar-refractivity contribution < 1.29 is 23.1 Å². The van der Waals surface area contributed by atoms with Crippen LogP contribution in [0, 0.1) is 11.3 Å². The van der Waals surface area contributed by atoms with Gasteiger partial charge in [0.15, 0.2) is 0 Å². The molecular formula is C13H22F3NO2. The lowest BCUT2D eigenvalue weighted by Crippen LogP contribution is -2.45. The minimum Gasteiger partial charge on any atom is -0.481 e. The smallest absolute Gasteiger partial charge is 0.389 e. The van der Waals surface area contributed by atoms with Gasteiger partial charge in [-0.2, -0.15) is 13.2 Å². The quantitative estimate of drug-likeness (QED) is 0.841. The number of hydrogen-bond acceptors (Lipinski definition) is 2. The maximum absolute atomic E-state index is 12.1. The Hall–Kier alpha value is -0.780. The van der Waals surface area contributed by atoms with Crippen LogP contribution in [0.15, 0.2) is 0 Å². The summed E-state index contributed by atoms with van der Waals surface area (Å²) in [5.41, 5.74) is -0.817. The number of carboxylic acid groups (broad SMARTS) is 1. The number of aliphatic carboxylic acids is 1. The van der Waals surface area contributed by atoms with Gasteiger partial charge in [0.05, 0.1) is 5.41 Å². The first-order valence-electron chi connectivity index (χ1n) is 6.65. The standard InChI is InChI=1S/C13H22F3NO2/c1-12(2,11(18)19)10-5-3-7-17(9-10)8-4-6-13(14,15)16/h10H,3-9H2,1-2H3,(H,18,19). The molecule has 0 spiro atoms. The molecule has 1 rings (SSSR count). The highest BCUT2D eigenvalue weighted by molar-refractivity contribution is 5.74. The summed E-state index contributed by atoms with van der Waals surface area (Å²) in [5, 5.41) is 9.20. The average Bonchev–Trinajstić information content (AvgIpc) is 2.27. The van der Waals surface area contributed by atoms with Crippen molar-refractivity contribution in [2.24, 2.45) is 11.3 Å². The molecule has 1 atom stereocenters. The second kappa shape index (κ2) is 6.11. The van der Waals surface area contributed by atoms with Crippen molar-refractivity contribution in [1.29, 1.82) is 0 Å². The van der Waals surface area contributed by atoms with Crippen LogP contribution in [-0.4, -0.2) is 41.8 Å². The molecule has 0 aliphatic carbocycles. The fraction of sp³-hybridized carbons (Fsp3) is 0.923. The summed E-state index contributed by atoms with van der Waals surface area (Å²) in [7, 11) is 0. The monoisotopic (exact) mass is 281 g/mol. The van der Waals surface area contributed by atoms with Gasteiger partial charge >= 0.3 is 12.1 Å². The van der Waals surface area contributed by atoms with E-state index < -0.39 is 24.0 Å². The van der Waals surface area contributed by atoms with E-state index >= 15 is 0 Å². The minimum atomic E-state index is -4.10. The Morgan fingerprint density at radius 1 is 1.37 bits per heavy atom. The Kier molecular flexibility index (Phi) is 5.24. The zero-order chi connectivity index (χ0) is 14.7. The van der Waals surface area contributed by atoms with E-state index in [9.17, 15) is 23.1 Å². The second-order valence-corrected chi connectivity index (χ2v) is 5.89. The first-order valence-corrected chi connectivity index (χ1v) is 6.65. The lowest BCUT2D eigenvalue weighted by atomic mass is 9.74. The van der Waals surface area contributed by atoms with Gasteiger partial charge in [-0.15, -0.1) is 0 Å². The van der Waals surface area contributed by atoms with E-state index in [-0.39, 0.29) is 12.3 Å². The maximum atomic E-state index is 12.1. The average molecular weight is 281 g/mol. The number of halogens is 3. The summed E-state index contributed by atoms with van der Waals surface area (Å²) in [6, 6.07) is 0. The van der Waals surface area contributed by atoms with Gasteiger partial charge in [-0.05, 0) is 52.1 Å². The number of likely N-dealkylation sites (tertiary alicyclic amines) is 1. The van der Waals surface area contributed by atoms with Crippen LogP contribution < -0.4 is 0 Å². The van der Waals surface area contributed by atoms with Crippen molar-refractivity contribution in [3.63, 3.8) is 0 Å². The van der Waals surface area contributed by atoms with Crippen LogP contribution in [0.4, 0.5) is 13.2 Å². The summed E-state index contributed by atoms with van der Waals surface area (Å²) < 4.78 is 36.3. The third-order valence-electron chi connectivity index (χ3n) is 4.01. The number of carbonyl (C=O) groups is 1. The van der Waals surface area contributed by atoms with Crippen molar-refractivity contribution in [1.82, 2.24) is 4.90 Å². The highest BCUT2D eigenvalue weighted by Crippen LogP contribution is 2.34. The second-order valence-electron chi connectivity index (χ2n) is 5.89. The van der Waals surface area contributed by atoms with Crippen LogP contribution >= 0.6 is 0 Å². The van der Waals surface area contributed by atoms with E-state index in [1.165, 1.54) is 0 Å². The molecule has 0 saturated carbocycles. The molecule has 0 bridgehead atoms. The molecule has 1 fully saturated rings. The molecule has 0 aromatic rings. The van der Waals surface area contributed by atoms with Crippen molar-refractivity contribution in [3.05, 3.63) is 0 Å². The molecule has 0 aromatic carbocycles. The number of nitrogens with zero attached hydrogens (tertiary/aromatic N) is 1. The molecular weight excluding hydrogens is 259 g/mol. The molecule has 6 heteroatoms. The predicted molar refractivity (Wildman–Crippen MR) is 65.9 cm³/mol. The minimum absolute atomic E-state index is 0.00429. The summed E-state index contributed by atoms with van der Waals surface area (Å²) in [5.74, 6) is -0.834. The highest BCUT2D eigenvalue weighted by atomic mass is 19.4. The van der Waals surface area contributed by atoms with Gasteiger partial charge in [0.25, 0.3) is 0 Å². The number of hydrogen-bond donors (Lipinski definition) is 1. The molecule has 1 aliphatic heterocycles. The molecule has 1 saturated heterocycles.